The van der Waals surface area contributed by atoms with Gasteiger partial charge in [-0.15, -0.1) is 0 Å². The van der Waals surface area contributed by atoms with Crippen LogP contribution in [0.25, 0.3) is 0 Å². The van der Waals surface area contributed by atoms with Crippen molar-refractivity contribution >= 4 is 6.09 Å². The van der Waals surface area contributed by atoms with Crippen LogP contribution in [0.3, 0.4) is 0 Å². The third kappa shape index (κ3) is 5.96. The van der Waals surface area contributed by atoms with Crippen LogP contribution in [0, 0.1) is 0 Å². The molecule has 2 N–H and O–H groups in total. The third-order valence-corrected chi connectivity index (χ3v) is 5.77. The van der Waals surface area contributed by atoms with Gasteiger partial charge in [0, 0.05) is 25.7 Å². The highest BCUT2D eigenvalue weighted by Gasteiger charge is 2.42. The van der Waals surface area contributed by atoms with Crippen molar-refractivity contribution in [3.05, 3.63) is 83.6 Å². The number of amides is 1. The number of rotatable bonds is 9. The second kappa shape index (κ2) is 11.1. The molecule has 0 aliphatic heterocycles. The maximum atomic E-state index is 13.0. The molecule has 2 aromatic carbocycles. The Balaban J connectivity index is 2.64. The van der Waals surface area contributed by atoms with Gasteiger partial charge < -0.3 is 20.3 Å². The summed E-state index contributed by atoms with van der Waals surface area (Å²) >= 11 is 0. The first-order chi connectivity index (χ1) is 14.7. The van der Waals surface area contributed by atoms with Gasteiger partial charge in [0.05, 0.1) is 5.41 Å². The van der Waals surface area contributed by atoms with Crippen LogP contribution in [0.1, 0.15) is 38.3 Å². The lowest BCUT2D eigenvalue weighted by Gasteiger charge is -2.40. The van der Waals surface area contributed by atoms with Gasteiger partial charge in [0.25, 0.3) is 0 Å². The lowest BCUT2D eigenvalue weighted by Crippen LogP contribution is -2.42. The molecule has 1 amide bonds. The molecular weight excluding hydrogens is 386 g/mol. The van der Waals surface area contributed by atoms with E-state index in [4.69, 9.17) is 10.5 Å². The maximum Gasteiger partial charge on any atom is 0.414 e. The molecule has 2 rings (SSSR count). The second-order valence-corrected chi connectivity index (χ2v) is 8.53. The fourth-order valence-electron chi connectivity index (χ4n) is 3.93. The molecule has 0 bridgehead atoms. The quantitative estimate of drug-likeness (QED) is 0.597. The fourth-order valence-corrected chi connectivity index (χ4v) is 3.93. The summed E-state index contributed by atoms with van der Waals surface area (Å²) in [6, 6.07) is 20.7. The number of carbonyl (C=O) groups excluding carboxylic acids is 1. The Morgan fingerprint density at radius 2 is 1.48 bits per heavy atom. The zero-order valence-corrected chi connectivity index (χ0v) is 19.7. The van der Waals surface area contributed by atoms with Gasteiger partial charge in [-0.3, -0.25) is 0 Å². The molecule has 31 heavy (non-hydrogen) atoms. The normalized spacial score (nSPS) is 14.3. The summed E-state index contributed by atoms with van der Waals surface area (Å²) in [5.74, 6) is 0.625. The van der Waals surface area contributed by atoms with Gasteiger partial charge in [0.1, 0.15) is 5.76 Å². The standard InChI is InChI=1S/C26H37N3O2/c1-7-24(31-25(30)29(6)19-20(2)27)26(18-21(3)28(4)5,22-14-10-8-11-15-22)23-16-12-9-13-17-23/h7-17,20-21H,18-19,27H2,1-6H3/b24-7+/t20-,21-/m1/s1. The highest BCUT2D eigenvalue weighted by molar-refractivity contribution is 5.69. The van der Waals surface area contributed by atoms with Crippen molar-refractivity contribution in [3.63, 3.8) is 0 Å². The van der Waals surface area contributed by atoms with Crippen LogP contribution in [0.5, 0.6) is 0 Å². The first-order valence-corrected chi connectivity index (χ1v) is 10.8. The smallest absolute Gasteiger partial charge is 0.414 e. The van der Waals surface area contributed by atoms with Crippen molar-refractivity contribution in [1.29, 1.82) is 0 Å². The molecule has 2 atom stereocenters. The number of hydrogen-bond acceptors (Lipinski definition) is 4. The summed E-state index contributed by atoms with van der Waals surface area (Å²) in [4.78, 5) is 16.7. The molecule has 2 aromatic rings. The van der Waals surface area contributed by atoms with Crippen molar-refractivity contribution < 1.29 is 9.53 Å². The number of hydrogen-bond donors (Lipinski definition) is 1. The average Bonchev–Trinajstić information content (AvgIpc) is 2.76. The topological polar surface area (TPSA) is 58.8 Å². The Bertz CT molecular complexity index is 808. The van der Waals surface area contributed by atoms with Crippen LogP contribution >= 0.6 is 0 Å². The number of carbonyl (C=O) groups is 1. The van der Waals surface area contributed by atoms with Crippen LogP contribution < -0.4 is 5.73 Å². The molecule has 0 saturated carbocycles. The number of allylic oxidation sites excluding steroid dienone is 2. The molecule has 0 aliphatic carbocycles. The van der Waals surface area contributed by atoms with Gasteiger partial charge in [-0.2, -0.15) is 0 Å². The Kier molecular flexibility index (Phi) is 8.84. The summed E-state index contributed by atoms with van der Waals surface area (Å²) in [6.07, 6.45) is 2.26. The number of benzene rings is 2. The molecule has 5 heteroatoms. The highest BCUT2D eigenvalue weighted by Crippen LogP contribution is 2.44. The van der Waals surface area contributed by atoms with Crippen LogP contribution in [-0.2, 0) is 10.2 Å². The van der Waals surface area contributed by atoms with Gasteiger partial charge in [0.2, 0.25) is 0 Å². The predicted octanol–water partition coefficient (Wildman–Crippen LogP) is 4.63. The van der Waals surface area contributed by atoms with E-state index in [0.717, 1.165) is 17.5 Å². The van der Waals surface area contributed by atoms with E-state index < -0.39 is 11.5 Å². The average molecular weight is 424 g/mol. The largest absolute Gasteiger partial charge is 0.414 e. The minimum absolute atomic E-state index is 0.131. The summed E-state index contributed by atoms with van der Waals surface area (Å²) in [5, 5.41) is 0. The van der Waals surface area contributed by atoms with E-state index >= 15 is 0 Å². The van der Waals surface area contributed by atoms with Crippen LogP contribution in [0.2, 0.25) is 0 Å². The van der Waals surface area contributed by atoms with Gasteiger partial charge in [-0.05, 0) is 58.5 Å². The molecule has 0 aromatic heterocycles. The van der Waals surface area contributed by atoms with Crippen molar-refractivity contribution in [2.45, 2.75) is 44.7 Å². The van der Waals surface area contributed by atoms with Crippen LogP contribution in [-0.4, -0.2) is 55.7 Å². The van der Waals surface area contributed by atoms with Gasteiger partial charge in [0.15, 0.2) is 0 Å². The molecule has 0 fully saturated rings. The SMILES string of the molecule is C/C=C(/OC(=O)N(C)C[C@@H](C)N)C(C[C@@H](C)N(C)C)(c1ccccc1)c1ccccc1. The van der Waals surface area contributed by atoms with Gasteiger partial charge >= 0.3 is 6.09 Å². The Morgan fingerprint density at radius 1 is 1.00 bits per heavy atom. The molecule has 168 valence electrons. The molecule has 0 aliphatic rings. The van der Waals surface area contributed by atoms with Crippen molar-refractivity contribution in [2.75, 3.05) is 27.7 Å². The monoisotopic (exact) mass is 423 g/mol. The Morgan fingerprint density at radius 3 is 1.87 bits per heavy atom. The van der Waals surface area contributed by atoms with Gasteiger partial charge in [-0.1, -0.05) is 60.7 Å². The number of nitrogens with zero attached hydrogens (tertiary/aromatic N) is 2. The summed E-state index contributed by atoms with van der Waals surface area (Å²) in [6.45, 7) is 6.41. The number of nitrogens with two attached hydrogens (primary N) is 1. The Hall–Kier alpha value is -2.63. The first-order valence-electron chi connectivity index (χ1n) is 10.8. The highest BCUT2D eigenvalue weighted by atomic mass is 16.6. The van der Waals surface area contributed by atoms with E-state index in [2.05, 4.69) is 50.2 Å². The van der Waals surface area contributed by atoms with E-state index in [0.29, 0.717) is 12.3 Å². The Labute approximate surface area is 187 Å². The minimum Gasteiger partial charge on any atom is -0.414 e. The van der Waals surface area contributed by atoms with E-state index in [1.54, 1.807) is 7.05 Å². The van der Waals surface area contributed by atoms with Crippen LogP contribution in [0.4, 0.5) is 4.79 Å². The summed E-state index contributed by atoms with van der Waals surface area (Å²) in [7, 11) is 5.86. The summed E-state index contributed by atoms with van der Waals surface area (Å²) < 4.78 is 6.09. The van der Waals surface area contributed by atoms with E-state index in [9.17, 15) is 4.79 Å². The van der Waals surface area contributed by atoms with E-state index in [1.165, 1.54) is 4.90 Å². The van der Waals surface area contributed by atoms with Crippen LogP contribution in [0.15, 0.2) is 72.5 Å². The first kappa shape index (κ1) is 24.6. The lowest BCUT2D eigenvalue weighted by atomic mass is 9.68. The molecular formula is C26H37N3O2. The maximum absolute atomic E-state index is 13.0. The minimum atomic E-state index is -0.619. The molecule has 0 spiro atoms. The number of ether oxygens (including phenoxy) is 1. The van der Waals surface area contributed by atoms with Gasteiger partial charge in [-0.25, -0.2) is 4.79 Å². The molecule has 0 unspecified atom stereocenters. The van der Waals surface area contributed by atoms with Crippen molar-refractivity contribution in [2.24, 2.45) is 5.73 Å². The van der Waals surface area contributed by atoms with Crippen molar-refractivity contribution in [3.8, 4) is 0 Å². The third-order valence-electron chi connectivity index (χ3n) is 5.77. The zero-order chi connectivity index (χ0) is 23.0. The zero-order valence-electron chi connectivity index (χ0n) is 19.7. The molecule has 5 nitrogen and oxygen atoms in total. The van der Waals surface area contributed by atoms with E-state index in [1.807, 2.05) is 56.3 Å². The van der Waals surface area contributed by atoms with Crippen molar-refractivity contribution in [1.82, 2.24) is 9.80 Å². The lowest BCUT2D eigenvalue weighted by molar-refractivity contribution is 0.120. The molecule has 0 saturated heterocycles. The predicted molar refractivity (Wildman–Crippen MR) is 128 cm³/mol. The van der Waals surface area contributed by atoms with E-state index in [-0.39, 0.29) is 12.1 Å². The molecule has 0 heterocycles. The summed E-state index contributed by atoms with van der Waals surface area (Å²) in [5.41, 5.74) is 7.45. The second-order valence-electron chi connectivity index (χ2n) is 8.53. The fraction of sp³-hybridized carbons (Fsp3) is 0.423. The molecule has 0 radical (unpaired) electrons. The number of likely N-dealkylation sites (N-methyl/N-ethyl adjacent to an activating group) is 1.